The summed E-state index contributed by atoms with van der Waals surface area (Å²) in [7, 11) is 1.28. The fourth-order valence-electron chi connectivity index (χ4n) is 0.796. The summed E-state index contributed by atoms with van der Waals surface area (Å²) in [6, 6.07) is 1.22. The zero-order valence-electron chi connectivity index (χ0n) is 6.93. The average molecular weight is 288 g/mol. The largest absolute Gasteiger partial charge is 0.490 e. The van der Waals surface area contributed by atoms with Crippen LogP contribution in [0.2, 0.25) is 5.15 Å². The molecule has 0 fully saturated rings. The molecule has 0 atom stereocenters. The summed E-state index contributed by atoms with van der Waals surface area (Å²) >= 11 is 7.61. The molecule has 0 bridgehead atoms. The maximum Gasteiger partial charge on any atom is 0.459 e. The van der Waals surface area contributed by atoms with Gasteiger partial charge < -0.3 is 9.47 Å². The van der Waals surface area contributed by atoms with Crippen LogP contribution in [0.15, 0.2) is 12.3 Å². The third-order valence-corrected chi connectivity index (χ3v) is 1.69. The van der Waals surface area contributed by atoms with Crippen molar-refractivity contribution in [2.45, 2.75) is 5.02 Å². The van der Waals surface area contributed by atoms with Gasteiger partial charge in [-0.15, -0.1) is 0 Å². The number of hydrogen-bond acceptors (Lipinski definition) is 3. The van der Waals surface area contributed by atoms with Crippen molar-refractivity contribution in [1.82, 2.24) is 4.98 Å². The Morgan fingerprint density at radius 2 is 2.21 bits per heavy atom. The van der Waals surface area contributed by atoms with E-state index in [1.54, 1.807) is 0 Å². The fraction of sp³-hybridized carbons (Fsp3) is 0.286. The van der Waals surface area contributed by atoms with Gasteiger partial charge in [-0.1, -0.05) is 11.6 Å². The first-order valence-electron chi connectivity index (χ1n) is 3.38. The van der Waals surface area contributed by atoms with Gasteiger partial charge in [-0.3, -0.25) is 0 Å². The number of ether oxygens (including phenoxy) is 2. The minimum absolute atomic E-state index is 0.0340. The Hall–Kier alpha value is -0.620. The third-order valence-electron chi connectivity index (χ3n) is 1.25. The second-order valence-electron chi connectivity index (χ2n) is 2.18. The smallest absolute Gasteiger partial charge is 0.459 e. The van der Waals surface area contributed by atoms with Crippen LogP contribution in [-0.4, -0.2) is 17.1 Å². The predicted octanol–water partition coefficient (Wildman–Crippen LogP) is 3.07. The molecule has 1 aromatic rings. The second kappa shape index (κ2) is 4.27. The number of hydrogen-bond donors (Lipinski definition) is 0. The van der Waals surface area contributed by atoms with Crippen molar-refractivity contribution < 1.29 is 18.3 Å². The van der Waals surface area contributed by atoms with Crippen molar-refractivity contribution in [1.29, 1.82) is 0 Å². The van der Waals surface area contributed by atoms with Gasteiger partial charge in [0.25, 0.3) is 0 Å². The molecule has 0 aliphatic heterocycles. The van der Waals surface area contributed by atoms with Gasteiger partial charge in [0.05, 0.1) is 7.11 Å². The standard InChI is InChI=1S/C7H5BrClF2NO2/c1-13-5-4(14-7(8,10)11)2-3-12-6(5)9/h2-3H,1H3. The van der Waals surface area contributed by atoms with Crippen LogP contribution in [0.5, 0.6) is 11.5 Å². The number of aromatic nitrogens is 1. The molecule has 0 saturated carbocycles. The summed E-state index contributed by atoms with van der Waals surface area (Å²) in [6.45, 7) is 0. The van der Waals surface area contributed by atoms with Crippen molar-refractivity contribution in [2.24, 2.45) is 0 Å². The molecule has 1 aromatic heterocycles. The first kappa shape index (κ1) is 11.5. The Morgan fingerprint density at radius 3 is 2.71 bits per heavy atom. The summed E-state index contributed by atoms with van der Waals surface area (Å²) in [5.74, 6) is -0.220. The molecule has 0 aliphatic carbocycles. The molecule has 3 nitrogen and oxygen atoms in total. The molecule has 1 heterocycles. The molecule has 1 rings (SSSR count). The summed E-state index contributed by atoms with van der Waals surface area (Å²) in [5.41, 5.74) is 0. The van der Waals surface area contributed by atoms with E-state index in [1.807, 2.05) is 15.9 Å². The molecule has 78 valence electrons. The average Bonchev–Trinajstić information content (AvgIpc) is 2.01. The lowest BCUT2D eigenvalue weighted by atomic mass is 10.4. The van der Waals surface area contributed by atoms with Crippen molar-refractivity contribution >= 4 is 27.5 Å². The van der Waals surface area contributed by atoms with Crippen LogP contribution in [0, 0.1) is 0 Å². The van der Waals surface area contributed by atoms with Gasteiger partial charge in [0.2, 0.25) is 0 Å². The summed E-state index contributed by atoms with van der Waals surface area (Å²) < 4.78 is 33.8. The van der Waals surface area contributed by atoms with E-state index in [0.29, 0.717) is 0 Å². The van der Waals surface area contributed by atoms with Crippen molar-refractivity contribution in [2.75, 3.05) is 7.11 Å². The highest BCUT2D eigenvalue weighted by atomic mass is 79.9. The molecule has 14 heavy (non-hydrogen) atoms. The quantitative estimate of drug-likeness (QED) is 0.633. The Labute approximate surface area is 92.1 Å². The maximum atomic E-state index is 12.4. The van der Waals surface area contributed by atoms with Crippen molar-refractivity contribution in [3.8, 4) is 11.5 Å². The topological polar surface area (TPSA) is 31.4 Å². The minimum atomic E-state index is -3.47. The number of halogens is 4. The molecule has 0 spiro atoms. The van der Waals surface area contributed by atoms with Crippen LogP contribution >= 0.6 is 27.5 Å². The summed E-state index contributed by atoms with van der Waals surface area (Å²) in [6.07, 6.45) is 1.24. The van der Waals surface area contributed by atoms with Crippen LogP contribution in [-0.2, 0) is 0 Å². The molecule has 0 amide bonds. The Balaban J connectivity index is 3.02. The van der Waals surface area contributed by atoms with E-state index < -0.39 is 5.02 Å². The number of alkyl halides is 3. The lowest BCUT2D eigenvalue weighted by Gasteiger charge is -2.13. The van der Waals surface area contributed by atoms with Crippen LogP contribution in [0.3, 0.4) is 0 Å². The summed E-state index contributed by atoms with van der Waals surface area (Å²) in [5, 5.41) is -3.51. The monoisotopic (exact) mass is 287 g/mol. The van der Waals surface area contributed by atoms with Gasteiger partial charge in [0.1, 0.15) is 0 Å². The molecule has 7 heteroatoms. The highest BCUT2D eigenvalue weighted by molar-refractivity contribution is 9.09. The molecule has 0 N–H and O–H groups in total. The number of methoxy groups -OCH3 is 1. The van der Waals surface area contributed by atoms with Crippen LogP contribution < -0.4 is 9.47 Å². The molecule has 0 radical (unpaired) electrons. The molecule has 0 aliphatic rings. The first-order chi connectivity index (χ1) is 6.44. The SMILES string of the molecule is COc1c(OC(F)(F)Br)ccnc1Cl. The zero-order chi connectivity index (χ0) is 10.8. The normalized spacial score (nSPS) is 11.2. The molecule has 0 unspecified atom stereocenters. The summed E-state index contributed by atoms with van der Waals surface area (Å²) in [4.78, 5) is 3.64. The highest BCUT2D eigenvalue weighted by Crippen LogP contribution is 2.37. The minimum Gasteiger partial charge on any atom is -0.490 e. The fourth-order valence-corrected chi connectivity index (χ4v) is 1.20. The molecule has 0 saturated heterocycles. The number of pyridine rings is 1. The van der Waals surface area contributed by atoms with Gasteiger partial charge in [-0.25, -0.2) is 4.98 Å². The zero-order valence-corrected chi connectivity index (χ0v) is 9.27. The predicted molar refractivity (Wildman–Crippen MR) is 50.3 cm³/mol. The van der Waals surface area contributed by atoms with Gasteiger partial charge in [0.15, 0.2) is 16.7 Å². The maximum absolute atomic E-state index is 12.4. The van der Waals surface area contributed by atoms with E-state index in [0.717, 1.165) is 0 Å². The molecular formula is C7H5BrClF2NO2. The van der Waals surface area contributed by atoms with E-state index in [4.69, 9.17) is 16.3 Å². The van der Waals surface area contributed by atoms with E-state index in [-0.39, 0.29) is 16.7 Å². The first-order valence-corrected chi connectivity index (χ1v) is 4.55. The Morgan fingerprint density at radius 1 is 1.57 bits per heavy atom. The lowest BCUT2D eigenvalue weighted by molar-refractivity contribution is -0.0815. The van der Waals surface area contributed by atoms with E-state index >= 15 is 0 Å². The molecular weight excluding hydrogens is 283 g/mol. The second-order valence-corrected chi connectivity index (χ2v) is 3.46. The van der Waals surface area contributed by atoms with E-state index in [1.165, 1.54) is 19.4 Å². The molecule has 0 aromatic carbocycles. The van der Waals surface area contributed by atoms with Gasteiger partial charge in [-0.05, 0) is 0 Å². The van der Waals surface area contributed by atoms with Crippen LogP contribution in [0.4, 0.5) is 8.78 Å². The van der Waals surface area contributed by atoms with E-state index in [9.17, 15) is 8.78 Å². The highest BCUT2D eigenvalue weighted by Gasteiger charge is 2.28. The van der Waals surface area contributed by atoms with Gasteiger partial charge in [-0.2, -0.15) is 8.78 Å². The Bertz CT molecular complexity index is 332. The number of rotatable bonds is 3. The lowest BCUT2D eigenvalue weighted by Crippen LogP contribution is -2.15. The third kappa shape index (κ3) is 2.95. The van der Waals surface area contributed by atoms with Crippen molar-refractivity contribution in [3.05, 3.63) is 17.4 Å². The van der Waals surface area contributed by atoms with Gasteiger partial charge in [0, 0.05) is 28.2 Å². The van der Waals surface area contributed by atoms with Crippen LogP contribution in [0.1, 0.15) is 0 Å². The Kier molecular flexibility index (Phi) is 3.49. The van der Waals surface area contributed by atoms with Crippen LogP contribution in [0.25, 0.3) is 0 Å². The number of nitrogens with zero attached hydrogens (tertiary/aromatic N) is 1. The van der Waals surface area contributed by atoms with E-state index in [2.05, 4.69) is 9.72 Å². The van der Waals surface area contributed by atoms with Crippen molar-refractivity contribution in [3.63, 3.8) is 0 Å². The van der Waals surface area contributed by atoms with Gasteiger partial charge >= 0.3 is 5.02 Å².